The van der Waals surface area contributed by atoms with E-state index in [1.807, 2.05) is 0 Å². The van der Waals surface area contributed by atoms with E-state index in [2.05, 4.69) is 21.2 Å². The fourth-order valence-corrected chi connectivity index (χ4v) is 4.58. The van der Waals surface area contributed by atoms with Crippen LogP contribution in [0.1, 0.15) is 48.2 Å². The SMILES string of the molecule is CCOC(=O)CCCN[C@@H](Cn1c(=O)c(Br)c(C)n(Cc2c(F)cccc2C(F)(F)F)c1=O)c1ccccc1.Cl. The topological polar surface area (TPSA) is 82.3 Å². The zero-order valence-electron chi connectivity index (χ0n) is 21.8. The van der Waals surface area contributed by atoms with Gasteiger partial charge in [0, 0.05) is 17.7 Å². The van der Waals surface area contributed by atoms with Crippen molar-refractivity contribution in [2.45, 2.75) is 52.0 Å². The molecule has 0 saturated heterocycles. The zero-order chi connectivity index (χ0) is 28.7. The van der Waals surface area contributed by atoms with Gasteiger partial charge >= 0.3 is 17.8 Å². The molecule has 7 nitrogen and oxygen atoms in total. The third-order valence-corrected chi connectivity index (χ3v) is 7.09. The normalized spacial score (nSPS) is 12.1. The van der Waals surface area contributed by atoms with Crippen molar-refractivity contribution in [2.24, 2.45) is 0 Å². The number of nitrogens with zero attached hydrogens (tertiary/aromatic N) is 2. The first-order valence-corrected chi connectivity index (χ1v) is 13.0. The summed E-state index contributed by atoms with van der Waals surface area (Å²) in [7, 11) is 0. The van der Waals surface area contributed by atoms with Gasteiger partial charge in [-0.1, -0.05) is 36.4 Å². The highest BCUT2D eigenvalue weighted by molar-refractivity contribution is 9.10. The maximum absolute atomic E-state index is 14.6. The molecule has 1 N–H and O–H groups in total. The molecule has 3 rings (SSSR count). The van der Waals surface area contributed by atoms with Gasteiger partial charge in [-0.2, -0.15) is 13.2 Å². The monoisotopic (exact) mass is 649 g/mol. The van der Waals surface area contributed by atoms with Crippen LogP contribution in [0, 0.1) is 12.7 Å². The minimum absolute atomic E-state index is 0. The number of hydrogen-bond acceptors (Lipinski definition) is 5. The summed E-state index contributed by atoms with van der Waals surface area (Å²) >= 11 is 3.16. The Morgan fingerprint density at radius 1 is 1.07 bits per heavy atom. The molecule has 1 aromatic heterocycles. The molecule has 0 fully saturated rings. The summed E-state index contributed by atoms with van der Waals surface area (Å²) in [6.45, 7) is 2.85. The Morgan fingerprint density at radius 2 is 1.75 bits per heavy atom. The second kappa shape index (κ2) is 14.6. The Morgan fingerprint density at radius 3 is 2.38 bits per heavy atom. The number of benzene rings is 2. The van der Waals surface area contributed by atoms with E-state index >= 15 is 0 Å². The zero-order valence-corrected chi connectivity index (χ0v) is 24.2. The molecule has 0 radical (unpaired) electrons. The van der Waals surface area contributed by atoms with Gasteiger partial charge in [0.15, 0.2) is 0 Å². The minimum Gasteiger partial charge on any atom is -0.466 e. The molecule has 40 heavy (non-hydrogen) atoms. The molecule has 1 heterocycles. The third-order valence-electron chi connectivity index (χ3n) is 6.18. The van der Waals surface area contributed by atoms with Crippen molar-refractivity contribution in [3.8, 4) is 0 Å². The number of ether oxygens (including phenoxy) is 1. The standard InChI is InChI=1S/C27H28BrF4N3O4.ClH/c1-3-39-23(36)13-8-14-33-22(18-9-5-4-6-10-18)16-35-25(37)24(28)17(2)34(26(35)38)15-19-20(27(30,31)32)11-7-12-21(19)29;/h4-7,9-12,22,33H,3,8,13-16H2,1-2H3;1H/t22-;/m0./s1. The number of alkyl halides is 3. The smallest absolute Gasteiger partial charge is 0.416 e. The minimum atomic E-state index is -4.84. The highest BCUT2D eigenvalue weighted by Gasteiger charge is 2.35. The molecule has 0 spiro atoms. The lowest BCUT2D eigenvalue weighted by atomic mass is 10.1. The van der Waals surface area contributed by atoms with Crippen molar-refractivity contribution in [1.82, 2.24) is 14.5 Å². The van der Waals surface area contributed by atoms with Gasteiger partial charge in [-0.15, -0.1) is 12.4 Å². The first-order valence-electron chi connectivity index (χ1n) is 12.2. The van der Waals surface area contributed by atoms with E-state index in [9.17, 15) is 31.9 Å². The van der Waals surface area contributed by atoms with Crippen LogP contribution in [0.5, 0.6) is 0 Å². The predicted octanol–water partition coefficient (Wildman–Crippen LogP) is 5.38. The average Bonchev–Trinajstić information content (AvgIpc) is 2.90. The largest absolute Gasteiger partial charge is 0.466 e. The van der Waals surface area contributed by atoms with Gasteiger partial charge in [0.05, 0.1) is 31.3 Å². The molecule has 0 aliphatic rings. The predicted molar refractivity (Wildman–Crippen MR) is 148 cm³/mol. The number of esters is 1. The summed E-state index contributed by atoms with van der Waals surface area (Å²) in [5.74, 6) is -1.46. The summed E-state index contributed by atoms with van der Waals surface area (Å²) in [5.41, 5.74) is -2.65. The van der Waals surface area contributed by atoms with Crippen LogP contribution in [-0.4, -0.2) is 28.3 Å². The van der Waals surface area contributed by atoms with E-state index in [-0.39, 0.29) is 48.1 Å². The molecule has 0 aliphatic carbocycles. The molecule has 0 amide bonds. The van der Waals surface area contributed by atoms with E-state index in [4.69, 9.17) is 4.74 Å². The summed E-state index contributed by atoms with van der Waals surface area (Å²) in [4.78, 5) is 38.3. The van der Waals surface area contributed by atoms with Crippen molar-refractivity contribution in [2.75, 3.05) is 13.2 Å². The van der Waals surface area contributed by atoms with E-state index in [0.29, 0.717) is 13.0 Å². The van der Waals surface area contributed by atoms with Gasteiger partial charge in [-0.3, -0.25) is 18.7 Å². The first-order chi connectivity index (χ1) is 18.5. The number of carbonyl (C=O) groups is 1. The van der Waals surface area contributed by atoms with Gasteiger partial charge in [-0.05, 0) is 60.4 Å². The fraction of sp³-hybridized carbons (Fsp3) is 0.370. The second-order valence-electron chi connectivity index (χ2n) is 8.77. The average molecular weight is 651 g/mol. The fourth-order valence-electron chi connectivity index (χ4n) is 4.16. The van der Waals surface area contributed by atoms with Crippen LogP contribution < -0.4 is 16.6 Å². The van der Waals surface area contributed by atoms with E-state index in [1.54, 1.807) is 37.3 Å². The number of rotatable bonds is 11. The molecule has 0 aliphatic heterocycles. The van der Waals surface area contributed by atoms with Crippen LogP contribution in [-0.2, 0) is 28.8 Å². The first kappa shape index (κ1) is 33.2. The van der Waals surface area contributed by atoms with Gasteiger partial charge in [0.2, 0.25) is 0 Å². The third kappa shape index (κ3) is 8.05. The van der Waals surface area contributed by atoms with Crippen molar-refractivity contribution in [3.63, 3.8) is 0 Å². The highest BCUT2D eigenvalue weighted by Crippen LogP contribution is 2.33. The molecular weight excluding hydrogens is 622 g/mol. The van der Waals surface area contributed by atoms with Gasteiger partial charge in [0.25, 0.3) is 5.56 Å². The molecule has 3 aromatic rings. The van der Waals surface area contributed by atoms with Crippen molar-refractivity contribution in [1.29, 1.82) is 0 Å². The quantitative estimate of drug-likeness (QED) is 0.171. The van der Waals surface area contributed by atoms with Crippen molar-refractivity contribution < 1.29 is 27.1 Å². The van der Waals surface area contributed by atoms with Gasteiger partial charge in [0.1, 0.15) is 10.3 Å². The van der Waals surface area contributed by atoms with Crippen LogP contribution in [0.4, 0.5) is 17.6 Å². The highest BCUT2D eigenvalue weighted by atomic mass is 79.9. The Kier molecular flexibility index (Phi) is 12.1. The number of carbonyl (C=O) groups excluding carboxylic acids is 1. The van der Waals surface area contributed by atoms with E-state index in [0.717, 1.165) is 32.9 Å². The summed E-state index contributed by atoms with van der Waals surface area (Å²) < 4.78 is 62.1. The molecule has 2 aromatic carbocycles. The lowest BCUT2D eigenvalue weighted by Gasteiger charge is -2.22. The van der Waals surface area contributed by atoms with Crippen LogP contribution in [0.2, 0.25) is 0 Å². The van der Waals surface area contributed by atoms with Crippen molar-refractivity contribution >= 4 is 34.3 Å². The Hall–Kier alpha value is -2.96. The molecule has 218 valence electrons. The van der Waals surface area contributed by atoms with Crippen LogP contribution >= 0.6 is 28.3 Å². The number of nitrogens with one attached hydrogen (secondary N) is 1. The van der Waals surface area contributed by atoms with E-state index < -0.39 is 47.0 Å². The van der Waals surface area contributed by atoms with Gasteiger partial charge < -0.3 is 10.1 Å². The van der Waals surface area contributed by atoms with Crippen LogP contribution in [0.25, 0.3) is 0 Å². The summed E-state index contributed by atoms with van der Waals surface area (Å²) in [5, 5.41) is 3.24. The lowest BCUT2D eigenvalue weighted by molar-refractivity contribution is -0.143. The maximum Gasteiger partial charge on any atom is 0.416 e. The molecule has 0 bridgehead atoms. The molecule has 1 atom stereocenters. The lowest BCUT2D eigenvalue weighted by Crippen LogP contribution is -2.44. The number of aromatic nitrogens is 2. The molecule has 13 heteroatoms. The van der Waals surface area contributed by atoms with Crippen LogP contribution in [0.3, 0.4) is 0 Å². The van der Waals surface area contributed by atoms with Crippen molar-refractivity contribution in [3.05, 3.63) is 102 Å². The molecular formula is C27H29BrClF4N3O4. The summed E-state index contributed by atoms with van der Waals surface area (Å²) in [6.07, 6.45) is -4.23. The number of hydrogen-bond donors (Lipinski definition) is 1. The van der Waals surface area contributed by atoms with E-state index in [1.165, 1.54) is 6.92 Å². The molecule has 0 unspecified atom stereocenters. The Labute approximate surface area is 242 Å². The summed E-state index contributed by atoms with van der Waals surface area (Å²) in [6, 6.07) is 11.0. The maximum atomic E-state index is 14.6. The Balaban J connectivity index is 0.00000560. The van der Waals surface area contributed by atoms with Gasteiger partial charge in [-0.25, -0.2) is 9.18 Å². The molecule has 0 saturated carbocycles. The number of halogens is 6. The Bertz CT molecular complexity index is 1430. The second-order valence-corrected chi connectivity index (χ2v) is 9.57. The van der Waals surface area contributed by atoms with Crippen LogP contribution in [0.15, 0.2) is 62.6 Å².